The van der Waals surface area contributed by atoms with Crippen LogP contribution in [0.15, 0.2) is 0 Å². The monoisotopic (exact) mass is 198 g/mol. The lowest BCUT2D eigenvalue weighted by Gasteiger charge is -2.37. The standard InChI is InChI=1S/C11H22N2O/c1-8(2)9(3)13-10(14)7-11(12)5-4-6-11/h8-9H,4-7,12H2,1-3H3,(H,13,14). The van der Waals surface area contributed by atoms with E-state index in [9.17, 15) is 4.79 Å². The Morgan fingerprint density at radius 1 is 1.43 bits per heavy atom. The van der Waals surface area contributed by atoms with Gasteiger partial charge in [0.1, 0.15) is 0 Å². The number of nitrogens with one attached hydrogen (secondary N) is 1. The maximum Gasteiger partial charge on any atom is 0.222 e. The predicted molar refractivity (Wildman–Crippen MR) is 57.8 cm³/mol. The van der Waals surface area contributed by atoms with Crippen molar-refractivity contribution in [2.75, 3.05) is 0 Å². The van der Waals surface area contributed by atoms with Crippen LogP contribution in [0.5, 0.6) is 0 Å². The van der Waals surface area contributed by atoms with Gasteiger partial charge in [-0.2, -0.15) is 0 Å². The minimum Gasteiger partial charge on any atom is -0.353 e. The van der Waals surface area contributed by atoms with Gasteiger partial charge in [0.2, 0.25) is 5.91 Å². The number of nitrogens with two attached hydrogens (primary N) is 1. The lowest BCUT2D eigenvalue weighted by molar-refractivity contribution is -0.123. The molecule has 1 amide bonds. The van der Waals surface area contributed by atoms with Crippen LogP contribution in [-0.4, -0.2) is 17.5 Å². The second-order valence-electron chi connectivity index (χ2n) is 4.99. The molecule has 3 heteroatoms. The van der Waals surface area contributed by atoms with Gasteiger partial charge in [0.15, 0.2) is 0 Å². The molecule has 1 aliphatic rings. The summed E-state index contributed by atoms with van der Waals surface area (Å²) >= 11 is 0. The van der Waals surface area contributed by atoms with Crippen LogP contribution in [0.3, 0.4) is 0 Å². The van der Waals surface area contributed by atoms with Gasteiger partial charge in [0, 0.05) is 18.0 Å². The SMILES string of the molecule is CC(C)C(C)NC(=O)CC1(N)CCC1. The van der Waals surface area contributed by atoms with Crippen molar-refractivity contribution in [3.05, 3.63) is 0 Å². The van der Waals surface area contributed by atoms with Crippen LogP contribution in [0.25, 0.3) is 0 Å². The van der Waals surface area contributed by atoms with Crippen molar-refractivity contribution < 1.29 is 4.79 Å². The van der Waals surface area contributed by atoms with E-state index >= 15 is 0 Å². The fourth-order valence-corrected chi connectivity index (χ4v) is 1.60. The summed E-state index contributed by atoms with van der Waals surface area (Å²) in [6.07, 6.45) is 3.65. The van der Waals surface area contributed by atoms with Crippen LogP contribution >= 0.6 is 0 Å². The quantitative estimate of drug-likeness (QED) is 0.717. The van der Waals surface area contributed by atoms with Crippen LogP contribution in [0.1, 0.15) is 46.5 Å². The molecule has 3 nitrogen and oxygen atoms in total. The minimum absolute atomic E-state index is 0.105. The Morgan fingerprint density at radius 3 is 2.36 bits per heavy atom. The molecule has 14 heavy (non-hydrogen) atoms. The van der Waals surface area contributed by atoms with Crippen LogP contribution in [0, 0.1) is 5.92 Å². The highest BCUT2D eigenvalue weighted by Crippen LogP contribution is 2.31. The topological polar surface area (TPSA) is 55.1 Å². The molecule has 0 heterocycles. The van der Waals surface area contributed by atoms with Crippen LogP contribution < -0.4 is 11.1 Å². The van der Waals surface area contributed by atoms with Gasteiger partial charge in [-0.05, 0) is 32.1 Å². The van der Waals surface area contributed by atoms with E-state index in [2.05, 4.69) is 19.2 Å². The summed E-state index contributed by atoms with van der Waals surface area (Å²) in [4.78, 5) is 11.6. The summed E-state index contributed by atoms with van der Waals surface area (Å²) in [6, 6.07) is 0.242. The average molecular weight is 198 g/mol. The number of rotatable bonds is 4. The summed E-state index contributed by atoms with van der Waals surface area (Å²) in [5.41, 5.74) is 5.80. The molecule has 3 N–H and O–H groups in total. The Labute approximate surface area is 86.4 Å². The third kappa shape index (κ3) is 2.98. The first-order chi connectivity index (χ1) is 6.43. The van der Waals surface area contributed by atoms with Crippen LogP contribution in [-0.2, 0) is 4.79 Å². The summed E-state index contributed by atoms with van der Waals surface area (Å²) in [5.74, 6) is 0.586. The van der Waals surface area contributed by atoms with E-state index in [-0.39, 0.29) is 17.5 Å². The molecule has 1 fully saturated rings. The molecule has 0 aromatic carbocycles. The van der Waals surface area contributed by atoms with E-state index in [1.54, 1.807) is 0 Å². The van der Waals surface area contributed by atoms with Crippen LogP contribution in [0.2, 0.25) is 0 Å². The van der Waals surface area contributed by atoms with Crippen LogP contribution in [0.4, 0.5) is 0 Å². The molecule has 1 unspecified atom stereocenters. The van der Waals surface area contributed by atoms with Crippen molar-refractivity contribution in [2.24, 2.45) is 11.7 Å². The molecule has 0 radical (unpaired) electrons. The molecule has 0 saturated heterocycles. The fourth-order valence-electron chi connectivity index (χ4n) is 1.60. The lowest BCUT2D eigenvalue weighted by atomic mass is 9.75. The van der Waals surface area contributed by atoms with E-state index in [0.717, 1.165) is 12.8 Å². The molecule has 0 bridgehead atoms. The predicted octanol–water partition coefficient (Wildman–Crippen LogP) is 1.42. The van der Waals surface area contributed by atoms with Crippen molar-refractivity contribution in [1.82, 2.24) is 5.32 Å². The van der Waals surface area contributed by atoms with E-state index < -0.39 is 0 Å². The number of carbonyl (C=O) groups is 1. The summed E-state index contributed by atoms with van der Waals surface area (Å²) in [5, 5.41) is 2.98. The maximum absolute atomic E-state index is 11.6. The second-order valence-corrected chi connectivity index (χ2v) is 4.99. The Balaban J connectivity index is 2.28. The zero-order valence-corrected chi connectivity index (χ0v) is 9.47. The van der Waals surface area contributed by atoms with Gasteiger partial charge in [-0.15, -0.1) is 0 Å². The number of carbonyl (C=O) groups excluding carboxylic acids is 1. The smallest absolute Gasteiger partial charge is 0.222 e. The average Bonchev–Trinajstić information content (AvgIpc) is 2.00. The first kappa shape index (κ1) is 11.5. The van der Waals surface area contributed by atoms with E-state index in [0.29, 0.717) is 12.3 Å². The highest BCUT2D eigenvalue weighted by molar-refractivity contribution is 5.77. The molecule has 0 aliphatic heterocycles. The van der Waals surface area contributed by atoms with Gasteiger partial charge in [-0.25, -0.2) is 0 Å². The fraction of sp³-hybridized carbons (Fsp3) is 0.909. The van der Waals surface area contributed by atoms with Crippen molar-refractivity contribution in [2.45, 2.75) is 58.0 Å². The Hall–Kier alpha value is -0.570. The van der Waals surface area contributed by atoms with Crippen molar-refractivity contribution in [3.8, 4) is 0 Å². The molecule has 82 valence electrons. The van der Waals surface area contributed by atoms with E-state index in [1.807, 2.05) is 6.92 Å². The van der Waals surface area contributed by atoms with Gasteiger partial charge in [0.25, 0.3) is 0 Å². The zero-order valence-electron chi connectivity index (χ0n) is 9.47. The Kier molecular flexibility index (Phi) is 3.53. The summed E-state index contributed by atoms with van der Waals surface area (Å²) < 4.78 is 0. The highest BCUT2D eigenvalue weighted by atomic mass is 16.1. The summed E-state index contributed by atoms with van der Waals surface area (Å²) in [6.45, 7) is 6.24. The summed E-state index contributed by atoms with van der Waals surface area (Å²) in [7, 11) is 0. The number of amides is 1. The number of hydrogen-bond donors (Lipinski definition) is 2. The molecule has 1 rings (SSSR count). The molecule has 0 aromatic heterocycles. The molecule has 1 aliphatic carbocycles. The number of hydrogen-bond acceptors (Lipinski definition) is 2. The third-order valence-electron chi connectivity index (χ3n) is 3.25. The Morgan fingerprint density at radius 2 is 2.00 bits per heavy atom. The Bertz CT molecular complexity index is 209. The minimum atomic E-state index is -0.194. The van der Waals surface area contributed by atoms with Gasteiger partial charge in [-0.3, -0.25) is 4.79 Å². The molecular weight excluding hydrogens is 176 g/mol. The molecule has 0 aromatic rings. The van der Waals surface area contributed by atoms with Crippen molar-refractivity contribution in [3.63, 3.8) is 0 Å². The van der Waals surface area contributed by atoms with Gasteiger partial charge in [0.05, 0.1) is 0 Å². The van der Waals surface area contributed by atoms with Crippen molar-refractivity contribution in [1.29, 1.82) is 0 Å². The third-order valence-corrected chi connectivity index (χ3v) is 3.25. The normalized spacial score (nSPS) is 21.5. The highest BCUT2D eigenvalue weighted by Gasteiger charge is 2.34. The van der Waals surface area contributed by atoms with Gasteiger partial charge < -0.3 is 11.1 Å². The first-order valence-electron chi connectivity index (χ1n) is 5.51. The zero-order chi connectivity index (χ0) is 10.8. The maximum atomic E-state index is 11.6. The lowest BCUT2D eigenvalue weighted by Crippen LogP contribution is -2.51. The molecule has 1 saturated carbocycles. The first-order valence-corrected chi connectivity index (χ1v) is 5.51. The van der Waals surface area contributed by atoms with Gasteiger partial charge >= 0.3 is 0 Å². The van der Waals surface area contributed by atoms with E-state index in [4.69, 9.17) is 5.73 Å². The van der Waals surface area contributed by atoms with Crippen molar-refractivity contribution >= 4 is 5.91 Å². The molecular formula is C11H22N2O. The molecule has 0 spiro atoms. The van der Waals surface area contributed by atoms with E-state index in [1.165, 1.54) is 6.42 Å². The largest absolute Gasteiger partial charge is 0.353 e. The van der Waals surface area contributed by atoms with Gasteiger partial charge in [-0.1, -0.05) is 13.8 Å². The second kappa shape index (κ2) is 4.30. The molecule has 1 atom stereocenters.